The van der Waals surface area contributed by atoms with E-state index in [1.54, 1.807) is 5.57 Å². The van der Waals surface area contributed by atoms with Crippen LogP contribution in [0.2, 0.25) is 0 Å². The highest BCUT2D eigenvalue weighted by atomic mass is 14.5. The lowest BCUT2D eigenvalue weighted by Gasteiger charge is -2.21. The van der Waals surface area contributed by atoms with Crippen LogP contribution in [0, 0.1) is 5.41 Å². The van der Waals surface area contributed by atoms with Gasteiger partial charge in [-0.3, -0.25) is 0 Å². The van der Waals surface area contributed by atoms with Crippen LogP contribution in [-0.4, -0.2) is 6.54 Å². The molecule has 1 heteroatoms. The quantitative estimate of drug-likeness (QED) is 0.712. The Kier molecular flexibility index (Phi) is 6.30. The lowest BCUT2D eigenvalue weighted by atomic mass is 9.84. The van der Waals surface area contributed by atoms with Crippen LogP contribution in [0.4, 0.5) is 0 Å². The average Bonchev–Trinajstić information content (AvgIpc) is 2.34. The number of hydrogen-bond donors (Lipinski definition) is 1. The smallest absolute Gasteiger partial charge is 0.0109 e. The molecule has 0 unspecified atom stereocenters. The zero-order chi connectivity index (χ0) is 14.3. The maximum Gasteiger partial charge on any atom is 0.0109 e. The molecule has 0 saturated carbocycles. The van der Waals surface area contributed by atoms with Crippen LogP contribution in [0.1, 0.15) is 53.4 Å². The van der Waals surface area contributed by atoms with E-state index in [1.165, 1.54) is 36.8 Å². The Morgan fingerprint density at radius 2 is 1.89 bits per heavy atom. The van der Waals surface area contributed by atoms with Crippen LogP contribution in [-0.2, 0) is 0 Å². The minimum absolute atomic E-state index is 0.165. The fourth-order valence-electron chi connectivity index (χ4n) is 2.30. The Hall–Kier alpha value is -1.08. The molecule has 0 atom stereocenters. The minimum atomic E-state index is 0.165. The highest BCUT2D eigenvalue weighted by Gasteiger charge is 2.14. The van der Waals surface area contributed by atoms with Gasteiger partial charge in [-0.25, -0.2) is 0 Å². The van der Waals surface area contributed by atoms with E-state index in [0.717, 1.165) is 0 Å². The zero-order valence-corrected chi connectivity index (χ0v) is 13.0. The van der Waals surface area contributed by atoms with Crippen LogP contribution in [0.15, 0.2) is 47.1 Å². The van der Waals surface area contributed by atoms with Crippen molar-refractivity contribution in [3.63, 3.8) is 0 Å². The number of rotatable bonds is 4. The fraction of sp³-hybridized carbons (Fsp3) is 0.556. The first-order valence-electron chi connectivity index (χ1n) is 7.39. The molecule has 0 saturated heterocycles. The molecule has 0 fully saturated rings. The minimum Gasteiger partial charge on any atom is -0.327 e. The van der Waals surface area contributed by atoms with Gasteiger partial charge in [-0.2, -0.15) is 0 Å². The van der Waals surface area contributed by atoms with Crippen LogP contribution < -0.4 is 5.73 Å². The standard InChI is InChI=1S/C18H29N/c1-15-9-5-6-10-16(15)12-13-17(18(2,3)4)11-7-8-14-19/h7-8,11-13H,5-6,9-10,14,19H2,1-4H3/b8-7+,13-12+,17-11-. The van der Waals surface area contributed by atoms with Gasteiger partial charge in [-0.05, 0) is 49.2 Å². The topological polar surface area (TPSA) is 26.0 Å². The van der Waals surface area contributed by atoms with E-state index in [9.17, 15) is 0 Å². The van der Waals surface area contributed by atoms with Crippen molar-refractivity contribution in [2.75, 3.05) is 6.54 Å². The molecule has 0 heterocycles. The first-order valence-corrected chi connectivity index (χ1v) is 7.39. The summed E-state index contributed by atoms with van der Waals surface area (Å²) in [5.41, 5.74) is 10.1. The highest BCUT2D eigenvalue weighted by molar-refractivity contribution is 5.35. The molecule has 0 aromatic heterocycles. The molecule has 106 valence electrons. The van der Waals surface area contributed by atoms with Crippen molar-refractivity contribution in [1.29, 1.82) is 0 Å². The molecule has 19 heavy (non-hydrogen) atoms. The average molecular weight is 259 g/mol. The summed E-state index contributed by atoms with van der Waals surface area (Å²) in [5.74, 6) is 0. The Bertz CT molecular complexity index is 400. The third kappa shape index (κ3) is 5.61. The monoisotopic (exact) mass is 259 g/mol. The fourth-order valence-corrected chi connectivity index (χ4v) is 2.30. The first kappa shape index (κ1) is 16.0. The molecule has 1 rings (SSSR count). The number of nitrogens with two attached hydrogens (primary N) is 1. The molecule has 1 nitrogen and oxygen atoms in total. The van der Waals surface area contributed by atoms with Gasteiger partial charge in [0.1, 0.15) is 0 Å². The van der Waals surface area contributed by atoms with E-state index in [-0.39, 0.29) is 5.41 Å². The third-order valence-corrected chi connectivity index (χ3v) is 3.67. The maximum atomic E-state index is 5.49. The summed E-state index contributed by atoms with van der Waals surface area (Å²) in [6, 6.07) is 0. The van der Waals surface area contributed by atoms with Crippen molar-refractivity contribution in [3.05, 3.63) is 47.1 Å². The summed E-state index contributed by atoms with van der Waals surface area (Å²) >= 11 is 0. The Morgan fingerprint density at radius 3 is 2.47 bits per heavy atom. The highest BCUT2D eigenvalue weighted by Crippen LogP contribution is 2.29. The van der Waals surface area contributed by atoms with Crippen molar-refractivity contribution < 1.29 is 0 Å². The van der Waals surface area contributed by atoms with Gasteiger partial charge in [0.25, 0.3) is 0 Å². The van der Waals surface area contributed by atoms with E-state index < -0.39 is 0 Å². The van der Waals surface area contributed by atoms with Gasteiger partial charge >= 0.3 is 0 Å². The second-order valence-corrected chi connectivity index (χ2v) is 6.38. The van der Waals surface area contributed by atoms with Crippen LogP contribution >= 0.6 is 0 Å². The van der Waals surface area contributed by atoms with E-state index in [2.05, 4.69) is 52.0 Å². The van der Waals surface area contributed by atoms with Crippen LogP contribution in [0.3, 0.4) is 0 Å². The Labute approximate surface area is 119 Å². The molecule has 1 aliphatic rings. The Morgan fingerprint density at radius 1 is 1.21 bits per heavy atom. The molecule has 0 amide bonds. The SMILES string of the molecule is CC1=C(/C=C/C(=C/C=C/CN)C(C)(C)C)CCCC1. The number of hydrogen-bond acceptors (Lipinski definition) is 1. The molecule has 1 aliphatic carbocycles. The van der Waals surface area contributed by atoms with Crippen LogP contribution in [0.25, 0.3) is 0 Å². The number of allylic oxidation sites excluding steroid dienone is 7. The largest absolute Gasteiger partial charge is 0.327 e. The van der Waals surface area contributed by atoms with Gasteiger partial charge in [0.2, 0.25) is 0 Å². The predicted molar refractivity (Wildman–Crippen MR) is 86.0 cm³/mol. The molecular weight excluding hydrogens is 230 g/mol. The second-order valence-electron chi connectivity index (χ2n) is 6.38. The normalized spacial score (nSPS) is 18.9. The molecule has 0 bridgehead atoms. The molecule has 0 aliphatic heterocycles. The second kappa shape index (κ2) is 7.49. The summed E-state index contributed by atoms with van der Waals surface area (Å²) in [7, 11) is 0. The van der Waals surface area contributed by atoms with Crippen molar-refractivity contribution >= 4 is 0 Å². The van der Waals surface area contributed by atoms with Crippen molar-refractivity contribution in [2.45, 2.75) is 53.4 Å². The lowest BCUT2D eigenvalue weighted by Crippen LogP contribution is -2.07. The molecule has 2 N–H and O–H groups in total. The van der Waals surface area contributed by atoms with E-state index >= 15 is 0 Å². The maximum absolute atomic E-state index is 5.49. The summed E-state index contributed by atoms with van der Waals surface area (Å²) in [4.78, 5) is 0. The lowest BCUT2D eigenvalue weighted by molar-refractivity contribution is 0.517. The molecular formula is C18H29N. The third-order valence-electron chi connectivity index (χ3n) is 3.67. The van der Waals surface area contributed by atoms with E-state index in [0.29, 0.717) is 6.54 Å². The van der Waals surface area contributed by atoms with E-state index in [4.69, 9.17) is 5.73 Å². The van der Waals surface area contributed by atoms with Gasteiger partial charge in [-0.1, -0.05) is 56.7 Å². The van der Waals surface area contributed by atoms with Gasteiger partial charge in [-0.15, -0.1) is 0 Å². The van der Waals surface area contributed by atoms with E-state index in [1.807, 2.05) is 6.08 Å². The van der Waals surface area contributed by atoms with Gasteiger partial charge in [0.05, 0.1) is 0 Å². The predicted octanol–water partition coefficient (Wildman–Crippen LogP) is 4.92. The molecule has 0 aromatic carbocycles. The van der Waals surface area contributed by atoms with Crippen molar-refractivity contribution in [3.8, 4) is 0 Å². The van der Waals surface area contributed by atoms with Gasteiger partial charge in [0, 0.05) is 6.54 Å². The zero-order valence-electron chi connectivity index (χ0n) is 13.0. The van der Waals surface area contributed by atoms with Gasteiger partial charge < -0.3 is 5.73 Å². The van der Waals surface area contributed by atoms with Crippen LogP contribution in [0.5, 0.6) is 0 Å². The first-order chi connectivity index (χ1) is 8.95. The molecule has 0 aromatic rings. The van der Waals surface area contributed by atoms with Gasteiger partial charge in [0.15, 0.2) is 0 Å². The Balaban J connectivity index is 2.89. The van der Waals surface area contributed by atoms with Crippen molar-refractivity contribution in [2.24, 2.45) is 11.1 Å². The summed E-state index contributed by atoms with van der Waals surface area (Å²) in [6.45, 7) is 9.63. The summed E-state index contributed by atoms with van der Waals surface area (Å²) < 4.78 is 0. The van der Waals surface area contributed by atoms with Crippen molar-refractivity contribution in [1.82, 2.24) is 0 Å². The molecule has 0 spiro atoms. The summed E-state index contributed by atoms with van der Waals surface area (Å²) in [5, 5.41) is 0. The molecule has 0 radical (unpaired) electrons. The summed E-state index contributed by atoms with van der Waals surface area (Å²) in [6.07, 6.45) is 16.0.